The SMILES string of the molecule is Cc1ccc(C(=O)C(C)N(C)C(=O)COc2ccc(Cl)cc2Cl)cc1C. The van der Waals surface area contributed by atoms with Gasteiger partial charge in [-0.2, -0.15) is 0 Å². The molecule has 0 radical (unpaired) electrons. The van der Waals surface area contributed by atoms with Gasteiger partial charge in [-0.25, -0.2) is 0 Å². The number of likely N-dealkylation sites (N-methyl/N-ethyl adjacent to an activating group) is 1. The summed E-state index contributed by atoms with van der Waals surface area (Å²) < 4.78 is 5.45. The van der Waals surface area contributed by atoms with Crippen LogP contribution >= 0.6 is 23.2 Å². The van der Waals surface area contributed by atoms with Gasteiger partial charge in [0, 0.05) is 17.6 Å². The molecule has 2 rings (SSSR count). The van der Waals surface area contributed by atoms with Crippen molar-refractivity contribution in [3.8, 4) is 5.75 Å². The summed E-state index contributed by atoms with van der Waals surface area (Å²) in [5, 5.41) is 0.811. The quantitative estimate of drug-likeness (QED) is 0.667. The van der Waals surface area contributed by atoms with Gasteiger partial charge in [-0.1, -0.05) is 35.3 Å². The van der Waals surface area contributed by atoms with Crippen molar-refractivity contribution in [3.05, 3.63) is 63.1 Å². The molecule has 1 atom stereocenters. The number of rotatable bonds is 6. The number of benzene rings is 2. The van der Waals surface area contributed by atoms with Crippen LogP contribution in [-0.2, 0) is 4.79 Å². The Bertz CT molecular complexity index is 836. The van der Waals surface area contributed by atoms with E-state index in [0.717, 1.165) is 11.1 Å². The van der Waals surface area contributed by atoms with E-state index in [1.54, 1.807) is 38.2 Å². The van der Waals surface area contributed by atoms with Crippen LogP contribution in [0, 0.1) is 13.8 Å². The Morgan fingerprint density at radius 3 is 2.38 bits per heavy atom. The number of aryl methyl sites for hydroxylation is 2. The monoisotopic (exact) mass is 393 g/mol. The second-order valence-corrected chi connectivity index (χ2v) is 7.05. The largest absolute Gasteiger partial charge is 0.482 e. The Hall–Kier alpha value is -2.04. The van der Waals surface area contributed by atoms with Gasteiger partial charge in [0.1, 0.15) is 5.75 Å². The van der Waals surface area contributed by atoms with Gasteiger partial charge in [-0.05, 0) is 56.2 Å². The summed E-state index contributed by atoms with van der Waals surface area (Å²) >= 11 is 11.9. The summed E-state index contributed by atoms with van der Waals surface area (Å²) in [5.41, 5.74) is 2.74. The molecule has 2 aromatic carbocycles. The first kappa shape index (κ1) is 20.3. The van der Waals surface area contributed by atoms with Crippen LogP contribution in [0.4, 0.5) is 0 Å². The standard InChI is InChI=1S/C20H21Cl2NO3/c1-12-5-6-15(9-13(12)2)20(25)14(3)23(4)19(24)11-26-18-8-7-16(21)10-17(18)22/h5-10,14H,11H2,1-4H3. The number of carbonyl (C=O) groups excluding carboxylic acids is 2. The summed E-state index contributed by atoms with van der Waals surface area (Å²) in [6, 6.07) is 9.69. The molecular weight excluding hydrogens is 373 g/mol. The second kappa shape index (κ2) is 8.56. The molecule has 0 fully saturated rings. The predicted octanol–water partition coefficient (Wildman–Crippen LogP) is 4.72. The molecule has 0 aliphatic carbocycles. The van der Waals surface area contributed by atoms with E-state index in [9.17, 15) is 9.59 Å². The molecule has 6 heteroatoms. The maximum Gasteiger partial charge on any atom is 0.260 e. The molecule has 1 amide bonds. The van der Waals surface area contributed by atoms with E-state index in [2.05, 4.69) is 0 Å². The van der Waals surface area contributed by atoms with Crippen LogP contribution in [0.5, 0.6) is 5.75 Å². The van der Waals surface area contributed by atoms with E-state index < -0.39 is 6.04 Å². The van der Waals surface area contributed by atoms with Gasteiger partial charge in [0.2, 0.25) is 0 Å². The number of Topliss-reactive ketones (excluding diaryl/α,β-unsaturated/α-hetero) is 1. The number of ether oxygens (including phenoxy) is 1. The van der Waals surface area contributed by atoms with Gasteiger partial charge < -0.3 is 9.64 Å². The predicted molar refractivity (Wildman–Crippen MR) is 104 cm³/mol. The minimum atomic E-state index is -0.603. The van der Waals surface area contributed by atoms with Crippen molar-refractivity contribution >= 4 is 34.9 Å². The van der Waals surface area contributed by atoms with Gasteiger partial charge in [0.25, 0.3) is 5.91 Å². The van der Waals surface area contributed by atoms with E-state index in [4.69, 9.17) is 27.9 Å². The Kier molecular flexibility index (Phi) is 6.68. The molecule has 0 aromatic heterocycles. The summed E-state index contributed by atoms with van der Waals surface area (Å²) in [6.07, 6.45) is 0. The third-order valence-corrected chi connectivity index (χ3v) is 4.92. The molecule has 2 aromatic rings. The third kappa shape index (κ3) is 4.77. The number of nitrogens with zero attached hydrogens (tertiary/aromatic N) is 1. The second-order valence-electron chi connectivity index (χ2n) is 6.21. The highest BCUT2D eigenvalue weighted by Crippen LogP contribution is 2.27. The normalized spacial score (nSPS) is 11.8. The van der Waals surface area contributed by atoms with Crippen LogP contribution in [0.25, 0.3) is 0 Å². The molecule has 0 heterocycles. The molecule has 4 nitrogen and oxygen atoms in total. The minimum absolute atomic E-state index is 0.117. The first-order valence-electron chi connectivity index (χ1n) is 8.15. The van der Waals surface area contributed by atoms with Crippen molar-refractivity contribution < 1.29 is 14.3 Å². The van der Waals surface area contributed by atoms with E-state index in [0.29, 0.717) is 21.4 Å². The van der Waals surface area contributed by atoms with E-state index in [-0.39, 0.29) is 18.3 Å². The zero-order chi connectivity index (χ0) is 19.4. The van der Waals surface area contributed by atoms with Crippen LogP contribution in [-0.4, -0.2) is 36.3 Å². The summed E-state index contributed by atoms with van der Waals surface area (Å²) in [4.78, 5) is 26.4. The highest BCUT2D eigenvalue weighted by Gasteiger charge is 2.24. The maximum absolute atomic E-state index is 12.6. The van der Waals surface area contributed by atoms with Crippen LogP contribution in [0.3, 0.4) is 0 Å². The zero-order valence-corrected chi connectivity index (χ0v) is 16.7. The average Bonchev–Trinajstić information content (AvgIpc) is 2.61. The molecule has 0 spiro atoms. The van der Waals surface area contributed by atoms with Crippen molar-refractivity contribution in [1.82, 2.24) is 4.90 Å². The van der Waals surface area contributed by atoms with Crippen LogP contribution in [0.1, 0.15) is 28.4 Å². The molecule has 1 unspecified atom stereocenters. The van der Waals surface area contributed by atoms with Gasteiger partial charge in [-0.15, -0.1) is 0 Å². The van der Waals surface area contributed by atoms with Crippen molar-refractivity contribution in [2.45, 2.75) is 26.8 Å². The van der Waals surface area contributed by atoms with Crippen LogP contribution in [0.2, 0.25) is 10.0 Å². The lowest BCUT2D eigenvalue weighted by Gasteiger charge is -2.24. The van der Waals surface area contributed by atoms with Gasteiger partial charge in [-0.3, -0.25) is 9.59 Å². The van der Waals surface area contributed by atoms with E-state index in [1.165, 1.54) is 4.90 Å². The fourth-order valence-electron chi connectivity index (χ4n) is 2.36. The first-order valence-corrected chi connectivity index (χ1v) is 8.91. The summed E-state index contributed by atoms with van der Waals surface area (Å²) in [7, 11) is 1.58. The smallest absolute Gasteiger partial charge is 0.260 e. The molecular formula is C20H21Cl2NO3. The van der Waals surface area contributed by atoms with Crippen LogP contribution in [0.15, 0.2) is 36.4 Å². The summed E-state index contributed by atoms with van der Waals surface area (Å²) in [6.45, 7) is 5.42. The Balaban J connectivity index is 2.01. The molecule has 0 N–H and O–H groups in total. The lowest BCUT2D eigenvalue weighted by atomic mass is 10.00. The molecule has 0 bridgehead atoms. The maximum atomic E-state index is 12.6. The molecule has 0 aliphatic heterocycles. The highest BCUT2D eigenvalue weighted by atomic mass is 35.5. The molecule has 26 heavy (non-hydrogen) atoms. The lowest BCUT2D eigenvalue weighted by molar-refractivity contribution is -0.133. The van der Waals surface area contributed by atoms with Crippen molar-refractivity contribution in [3.63, 3.8) is 0 Å². The number of hydrogen-bond acceptors (Lipinski definition) is 3. The zero-order valence-electron chi connectivity index (χ0n) is 15.2. The lowest BCUT2D eigenvalue weighted by Crippen LogP contribution is -2.42. The Morgan fingerprint density at radius 1 is 1.08 bits per heavy atom. The minimum Gasteiger partial charge on any atom is -0.482 e. The van der Waals surface area contributed by atoms with Gasteiger partial charge in [0.05, 0.1) is 11.1 Å². The fourth-order valence-corrected chi connectivity index (χ4v) is 2.82. The van der Waals surface area contributed by atoms with Crippen molar-refractivity contribution in [2.75, 3.05) is 13.7 Å². The van der Waals surface area contributed by atoms with Gasteiger partial charge >= 0.3 is 0 Å². The number of ketones is 1. The Morgan fingerprint density at radius 2 is 1.77 bits per heavy atom. The number of hydrogen-bond donors (Lipinski definition) is 0. The van der Waals surface area contributed by atoms with Crippen LogP contribution < -0.4 is 4.74 Å². The van der Waals surface area contributed by atoms with Crippen molar-refractivity contribution in [1.29, 1.82) is 0 Å². The molecule has 138 valence electrons. The third-order valence-electron chi connectivity index (χ3n) is 4.39. The summed E-state index contributed by atoms with van der Waals surface area (Å²) in [5.74, 6) is -0.0693. The van der Waals surface area contributed by atoms with E-state index in [1.807, 2.05) is 26.0 Å². The van der Waals surface area contributed by atoms with E-state index >= 15 is 0 Å². The number of amides is 1. The topological polar surface area (TPSA) is 46.6 Å². The van der Waals surface area contributed by atoms with Crippen molar-refractivity contribution in [2.24, 2.45) is 0 Å². The molecule has 0 aliphatic rings. The average molecular weight is 394 g/mol. The fraction of sp³-hybridized carbons (Fsp3) is 0.300. The highest BCUT2D eigenvalue weighted by molar-refractivity contribution is 6.35. The van der Waals surface area contributed by atoms with Gasteiger partial charge in [0.15, 0.2) is 12.4 Å². The number of carbonyl (C=O) groups is 2. The molecule has 0 saturated heterocycles. The molecule has 0 saturated carbocycles. The Labute approximate surface area is 163 Å². The number of halogens is 2. The first-order chi connectivity index (χ1) is 12.2.